The van der Waals surface area contributed by atoms with Gasteiger partial charge in [0.1, 0.15) is 0 Å². The normalized spacial score (nSPS) is 11.9. The minimum Gasteiger partial charge on any atom is -0.309 e. The van der Waals surface area contributed by atoms with Crippen LogP contribution in [0.3, 0.4) is 0 Å². The van der Waals surface area contributed by atoms with E-state index in [-0.39, 0.29) is 0 Å². The van der Waals surface area contributed by atoms with Crippen LogP contribution in [0.2, 0.25) is 0 Å². The zero-order chi connectivity index (χ0) is 30.2. The van der Waals surface area contributed by atoms with Gasteiger partial charge in [0.25, 0.3) is 0 Å². The summed E-state index contributed by atoms with van der Waals surface area (Å²) in [7, 11) is 0. The fraction of sp³-hybridized carbons (Fsp3) is 0. The molecule has 0 aliphatic heterocycles. The van der Waals surface area contributed by atoms with E-state index in [0.717, 1.165) is 44.4 Å². The molecule has 4 heteroatoms. The Labute approximate surface area is 264 Å². The highest BCUT2D eigenvalue weighted by Gasteiger charge is 2.21. The van der Waals surface area contributed by atoms with Gasteiger partial charge in [0.15, 0.2) is 0 Å². The van der Waals surface area contributed by atoms with Gasteiger partial charge in [0, 0.05) is 43.6 Å². The zero-order valence-electron chi connectivity index (χ0n) is 24.8. The summed E-state index contributed by atoms with van der Waals surface area (Å²) in [4.78, 5) is 10.5. The van der Waals surface area contributed by atoms with E-state index in [2.05, 4.69) is 155 Å². The number of para-hydroxylation sites is 3. The van der Waals surface area contributed by atoms with E-state index in [1.807, 2.05) is 12.1 Å². The zero-order valence-corrected chi connectivity index (χ0v) is 24.8. The molecule has 3 aromatic heterocycles. The number of nitrogens with zero attached hydrogens (tertiary/aromatic N) is 4. The molecule has 3 heterocycles. The molecule has 4 nitrogen and oxygen atoms in total. The smallest absolute Gasteiger partial charge is 0.235 e. The fourth-order valence-electron chi connectivity index (χ4n) is 7.28. The lowest BCUT2D eigenvalue weighted by Gasteiger charge is -2.12. The third-order valence-corrected chi connectivity index (χ3v) is 9.30. The monoisotopic (exact) mass is 586 g/mol. The Morgan fingerprint density at radius 3 is 1.89 bits per heavy atom. The van der Waals surface area contributed by atoms with Gasteiger partial charge >= 0.3 is 0 Å². The molecule has 0 amide bonds. The molecule has 10 aromatic rings. The van der Waals surface area contributed by atoms with Crippen molar-refractivity contribution in [3.63, 3.8) is 0 Å². The predicted octanol–water partition coefficient (Wildman–Crippen LogP) is 10.6. The maximum absolute atomic E-state index is 5.30. The van der Waals surface area contributed by atoms with Crippen molar-refractivity contribution in [3.8, 4) is 22.9 Å². The highest BCUT2D eigenvalue weighted by molar-refractivity contribution is 6.23. The Bertz CT molecular complexity index is 2790. The van der Waals surface area contributed by atoms with E-state index in [9.17, 15) is 0 Å². The van der Waals surface area contributed by atoms with Crippen LogP contribution < -0.4 is 0 Å². The van der Waals surface area contributed by atoms with Crippen molar-refractivity contribution < 1.29 is 0 Å². The first-order chi connectivity index (χ1) is 22.8. The molecule has 0 aliphatic rings. The summed E-state index contributed by atoms with van der Waals surface area (Å²) in [5.74, 6) is 0.663. The van der Waals surface area contributed by atoms with Crippen molar-refractivity contribution in [2.75, 3.05) is 0 Å². The maximum Gasteiger partial charge on any atom is 0.235 e. The van der Waals surface area contributed by atoms with E-state index in [1.54, 1.807) is 0 Å². The molecule has 0 saturated carbocycles. The van der Waals surface area contributed by atoms with Crippen LogP contribution in [0.5, 0.6) is 0 Å². The second-order valence-corrected chi connectivity index (χ2v) is 11.8. The lowest BCUT2D eigenvalue weighted by Crippen LogP contribution is -2.03. The van der Waals surface area contributed by atoms with Gasteiger partial charge in [-0.1, -0.05) is 121 Å². The average molecular weight is 587 g/mol. The van der Waals surface area contributed by atoms with Crippen LogP contribution in [0.4, 0.5) is 0 Å². The van der Waals surface area contributed by atoms with Crippen molar-refractivity contribution >= 4 is 65.3 Å². The van der Waals surface area contributed by atoms with Crippen LogP contribution in [0, 0.1) is 0 Å². The van der Waals surface area contributed by atoms with Gasteiger partial charge in [-0.15, -0.1) is 0 Å². The summed E-state index contributed by atoms with van der Waals surface area (Å²) < 4.78 is 4.67. The molecule has 0 radical (unpaired) electrons. The maximum atomic E-state index is 5.30. The lowest BCUT2D eigenvalue weighted by molar-refractivity contribution is 1.01. The third kappa shape index (κ3) is 3.55. The van der Waals surface area contributed by atoms with Gasteiger partial charge in [0.05, 0.1) is 33.3 Å². The number of fused-ring (bicyclic) bond motifs is 9. The number of benzene rings is 7. The Morgan fingerprint density at radius 2 is 1.04 bits per heavy atom. The summed E-state index contributed by atoms with van der Waals surface area (Å²) in [5, 5.41) is 8.33. The molecule has 0 saturated heterocycles. The van der Waals surface area contributed by atoms with Crippen LogP contribution in [-0.2, 0) is 0 Å². The highest BCUT2D eigenvalue weighted by Crippen LogP contribution is 2.41. The summed E-state index contributed by atoms with van der Waals surface area (Å²) in [6.45, 7) is 0. The summed E-state index contributed by atoms with van der Waals surface area (Å²) in [5.41, 5.74) is 8.58. The molecule has 10 rings (SSSR count). The van der Waals surface area contributed by atoms with Crippen LogP contribution in [-0.4, -0.2) is 19.1 Å². The average Bonchev–Trinajstić information content (AvgIpc) is 3.63. The molecular weight excluding hydrogens is 560 g/mol. The van der Waals surface area contributed by atoms with E-state index in [4.69, 9.17) is 9.97 Å². The van der Waals surface area contributed by atoms with Crippen molar-refractivity contribution in [2.24, 2.45) is 0 Å². The molecular formula is C42H26N4. The topological polar surface area (TPSA) is 35.6 Å². The lowest BCUT2D eigenvalue weighted by atomic mass is 10.0. The van der Waals surface area contributed by atoms with Gasteiger partial charge < -0.3 is 4.57 Å². The molecule has 0 aliphatic carbocycles. The first-order valence-electron chi connectivity index (χ1n) is 15.6. The number of hydrogen-bond acceptors (Lipinski definition) is 2. The number of aromatic nitrogens is 4. The van der Waals surface area contributed by atoms with Crippen molar-refractivity contribution in [3.05, 3.63) is 158 Å². The first kappa shape index (κ1) is 25.1. The van der Waals surface area contributed by atoms with Crippen LogP contribution in [0.15, 0.2) is 158 Å². The van der Waals surface area contributed by atoms with Gasteiger partial charge in [-0.3, -0.25) is 4.57 Å². The Kier molecular flexibility index (Phi) is 5.25. The van der Waals surface area contributed by atoms with Crippen LogP contribution in [0.1, 0.15) is 0 Å². The Hall–Kier alpha value is -6.26. The van der Waals surface area contributed by atoms with E-state index < -0.39 is 0 Å². The highest BCUT2D eigenvalue weighted by atomic mass is 15.2. The van der Waals surface area contributed by atoms with E-state index in [1.165, 1.54) is 37.8 Å². The predicted molar refractivity (Wildman–Crippen MR) is 191 cm³/mol. The fourth-order valence-corrected chi connectivity index (χ4v) is 7.28. The molecule has 46 heavy (non-hydrogen) atoms. The second kappa shape index (κ2) is 9.62. The standard InChI is InChI=1S/C42H26N4/c1-3-14-28(15-4-1)40-33-20-9-11-21-36(33)43-42(44-40)46-37-22-12-10-19-31(37)34-25-35-32-24-23-27-13-7-8-18-30(27)41(32)45(38(35)26-39(34)46)29-16-5-2-6-17-29/h1-26H. The number of hydrogen-bond donors (Lipinski definition) is 0. The van der Waals surface area contributed by atoms with Crippen LogP contribution in [0.25, 0.3) is 88.2 Å². The minimum atomic E-state index is 0.663. The molecule has 0 fully saturated rings. The Balaban J connectivity index is 1.38. The molecule has 0 atom stereocenters. The molecule has 0 bridgehead atoms. The molecule has 214 valence electrons. The third-order valence-electron chi connectivity index (χ3n) is 9.30. The van der Waals surface area contributed by atoms with Gasteiger partial charge in [-0.05, 0) is 41.8 Å². The van der Waals surface area contributed by atoms with Crippen molar-refractivity contribution in [1.82, 2.24) is 19.1 Å². The van der Waals surface area contributed by atoms with E-state index in [0.29, 0.717) is 5.95 Å². The number of rotatable bonds is 3. The quantitative estimate of drug-likeness (QED) is 0.206. The van der Waals surface area contributed by atoms with Gasteiger partial charge in [-0.25, -0.2) is 9.97 Å². The van der Waals surface area contributed by atoms with Crippen molar-refractivity contribution in [1.29, 1.82) is 0 Å². The molecule has 0 N–H and O–H groups in total. The van der Waals surface area contributed by atoms with Crippen molar-refractivity contribution in [2.45, 2.75) is 0 Å². The van der Waals surface area contributed by atoms with Crippen LogP contribution >= 0.6 is 0 Å². The Morgan fingerprint density at radius 1 is 0.391 bits per heavy atom. The summed E-state index contributed by atoms with van der Waals surface area (Å²) >= 11 is 0. The second-order valence-electron chi connectivity index (χ2n) is 11.8. The first-order valence-corrected chi connectivity index (χ1v) is 15.6. The van der Waals surface area contributed by atoms with E-state index >= 15 is 0 Å². The SMILES string of the molecule is c1ccc(-c2nc(-n3c4ccccc4c4cc5c6ccc7ccccc7c6n(-c6ccccc6)c5cc43)nc3ccccc23)cc1. The minimum absolute atomic E-state index is 0.663. The van der Waals surface area contributed by atoms with Gasteiger partial charge in [0.2, 0.25) is 5.95 Å². The summed E-state index contributed by atoms with van der Waals surface area (Å²) in [6, 6.07) is 55.9. The largest absolute Gasteiger partial charge is 0.309 e. The molecule has 7 aromatic carbocycles. The molecule has 0 unspecified atom stereocenters. The summed E-state index contributed by atoms with van der Waals surface area (Å²) in [6.07, 6.45) is 0. The molecule has 0 spiro atoms. The van der Waals surface area contributed by atoms with Gasteiger partial charge in [-0.2, -0.15) is 0 Å².